The van der Waals surface area contributed by atoms with Gasteiger partial charge in [0.2, 0.25) is 0 Å². The Morgan fingerprint density at radius 1 is 0.514 bits per heavy atom. The van der Waals surface area contributed by atoms with Crippen molar-refractivity contribution in [2.45, 2.75) is 142 Å². The van der Waals surface area contributed by atoms with Gasteiger partial charge in [0.25, 0.3) is 0 Å². The first-order valence-corrected chi connectivity index (χ1v) is 15.4. The lowest BCUT2D eigenvalue weighted by Crippen LogP contribution is -2.06. The molecule has 0 spiro atoms. The van der Waals surface area contributed by atoms with Gasteiger partial charge in [-0.25, -0.2) is 4.57 Å². The largest absolute Gasteiger partial charge is 0.466 e. The minimum Gasteiger partial charge on any atom is -0.466 e. The molecule has 3 N–H and O–H groups in total. The maximum Gasteiger partial charge on any atom is 0.466 e. The second-order valence-corrected chi connectivity index (χ2v) is 10.1. The minimum atomic E-state index is -4.64. The molecular formula is C26H53O8P. The summed E-state index contributed by atoms with van der Waals surface area (Å²) in [5.74, 6) is -0.0895. The summed E-state index contributed by atoms with van der Waals surface area (Å²) >= 11 is 0. The van der Waals surface area contributed by atoms with Crippen LogP contribution in [0.15, 0.2) is 0 Å². The molecule has 9 heteroatoms. The van der Waals surface area contributed by atoms with Crippen LogP contribution in [0.1, 0.15) is 142 Å². The molecule has 0 aromatic heterocycles. The Labute approximate surface area is 213 Å². The Bertz CT molecular complexity index is 477. The van der Waals surface area contributed by atoms with Crippen LogP contribution in [0.5, 0.6) is 0 Å². The quantitative estimate of drug-likeness (QED) is 0.0741. The average Bonchev–Trinajstić information content (AvgIpc) is 2.78. The smallest absolute Gasteiger partial charge is 0.466 e. The van der Waals surface area contributed by atoms with Crippen molar-refractivity contribution in [2.24, 2.45) is 0 Å². The van der Waals surface area contributed by atoms with Gasteiger partial charge in [0.05, 0.1) is 13.2 Å². The van der Waals surface area contributed by atoms with E-state index in [2.05, 4.69) is 13.8 Å². The summed E-state index contributed by atoms with van der Waals surface area (Å²) in [4.78, 5) is 44.9. The number of hydrogen-bond donors (Lipinski definition) is 3. The number of ether oxygens (including phenoxy) is 2. The van der Waals surface area contributed by atoms with E-state index >= 15 is 0 Å². The highest BCUT2D eigenvalue weighted by atomic mass is 31.2. The number of esters is 2. The minimum absolute atomic E-state index is 0.0448. The monoisotopic (exact) mass is 524 g/mol. The number of carbonyl (C=O) groups excluding carboxylic acids is 2. The lowest BCUT2D eigenvalue weighted by Gasteiger charge is -2.06. The van der Waals surface area contributed by atoms with Gasteiger partial charge in [0, 0.05) is 12.8 Å². The molecule has 0 aliphatic carbocycles. The van der Waals surface area contributed by atoms with E-state index in [1.54, 1.807) is 0 Å². The van der Waals surface area contributed by atoms with Gasteiger partial charge < -0.3 is 24.2 Å². The zero-order valence-corrected chi connectivity index (χ0v) is 23.3. The van der Waals surface area contributed by atoms with Gasteiger partial charge in [-0.1, -0.05) is 104 Å². The van der Waals surface area contributed by atoms with Crippen LogP contribution in [-0.4, -0.2) is 39.8 Å². The van der Waals surface area contributed by atoms with Crippen molar-refractivity contribution >= 4 is 19.8 Å². The summed E-state index contributed by atoms with van der Waals surface area (Å²) in [5, 5.41) is 0. The first kappa shape index (κ1) is 36.2. The van der Waals surface area contributed by atoms with E-state index in [-0.39, 0.29) is 11.9 Å². The molecule has 0 saturated heterocycles. The molecule has 35 heavy (non-hydrogen) atoms. The summed E-state index contributed by atoms with van der Waals surface area (Å²) in [5.41, 5.74) is 0. The van der Waals surface area contributed by atoms with E-state index in [0.29, 0.717) is 26.1 Å². The Morgan fingerprint density at radius 2 is 0.771 bits per heavy atom. The van der Waals surface area contributed by atoms with E-state index in [4.69, 9.17) is 28.7 Å². The van der Waals surface area contributed by atoms with Gasteiger partial charge in [-0.3, -0.25) is 9.59 Å². The molecule has 0 aromatic carbocycles. The maximum absolute atomic E-state index is 11.7. The fourth-order valence-corrected chi connectivity index (χ4v) is 3.53. The number of phosphoric acid groups is 1. The SMILES string of the molecule is CCCCCCCCOC(=O)CCCCCCCCC(=O)OCCCCCCCC.O=P(O)(O)O. The number of hydrogen-bond acceptors (Lipinski definition) is 5. The zero-order valence-electron chi connectivity index (χ0n) is 22.4. The van der Waals surface area contributed by atoms with E-state index in [1.807, 2.05) is 0 Å². The molecule has 0 fully saturated rings. The normalized spacial score (nSPS) is 11.0. The third kappa shape index (κ3) is 40.5. The predicted molar refractivity (Wildman–Crippen MR) is 140 cm³/mol. The van der Waals surface area contributed by atoms with Crippen molar-refractivity contribution in [3.8, 4) is 0 Å². The summed E-state index contributed by atoms with van der Waals surface area (Å²) < 4.78 is 19.5. The third-order valence-electron chi connectivity index (χ3n) is 5.53. The fraction of sp³-hybridized carbons (Fsp3) is 0.923. The van der Waals surface area contributed by atoms with Crippen LogP contribution in [0.2, 0.25) is 0 Å². The molecule has 0 bridgehead atoms. The highest BCUT2D eigenvalue weighted by molar-refractivity contribution is 7.45. The molecule has 0 rings (SSSR count). The molecule has 0 aliphatic heterocycles. The van der Waals surface area contributed by atoms with E-state index < -0.39 is 7.82 Å². The summed E-state index contributed by atoms with van der Waals surface area (Å²) in [7, 11) is -4.64. The van der Waals surface area contributed by atoms with Crippen molar-refractivity contribution in [1.29, 1.82) is 0 Å². The van der Waals surface area contributed by atoms with E-state index in [0.717, 1.165) is 51.4 Å². The topological polar surface area (TPSA) is 130 Å². The molecule has 210 valence electrons. The van der Waals surface area contributed by atoms with Crippen molar-refractivity contribution in [3.05, 3.63) is 0 Å². The van der Waals surface area contributed by atoms with Crippen molar-refractivity contribution in [2.75, 3.05) is 13.2 Å². The summed E-state index contributed by atoms with van der Waals surface area (Å²) in [6.45, 7) is 5.60. The van der Waals surface area contributed by atoms with Crippen molar-refractivity contribution < 1.29 is 38.3 Å². The Morgan fingerprint density at radius 3 is 1.09 bits per heavy atom. The van der Waals surface area contributed by atoms with Gasteiger partial charge >= 0.3 is 19.8 Å². The molecule has 0 aliphatic rings. The molecule has 8 nitrogen and oxygen atoms in total. The standard InChI is InChI=1S/C26H50O4.H3O4P/c1-3-5-7-9-15-19-23-29-25(27)21-17-13-11-12-14-18-22-26(28)30-24-20-16-10-8-6-4-2;1-5(2,3)4/h3-24H2,1-2H3;(H3,1,2,3,4). The number of unbranched alkanes of at least 4 members (excludes halogenated alkanes) is 15. The zero-order chi connectivity index (χ0) is 26.6. The Kier molecular flexibility index (Phi) is 28.6. The molecule has 0 aromatic rings. The van der Waals surface area contributed by atoms with Crippen molar-refractivity contribution in [3.63, 3.8) is 0 Å². The first-order valence-electron chi connectivity index (χ1n) is 13.8. The van der Waals surface area contributed by atoms with Crippen LogP contribution >= 0.6 is 7.82 Å². The van der Waals surface area contributed by atoms with E-state index in [9.17, 15) is 9.59 Å². The van der Waals surface area contributed by atoms with Crippen LogP contribution in [-0.2, 0) is 23.6 Å². The molecule has 0 saturated carbocycles. The van der Waals surface area contributed by atoms with Gasteiger partial charge in [-0.15, -0.1) is 0 Å². The third-order valence-corrected chi connectivity index (χ3v) is 5.53. The highest BCUT2D eigenvalue weighted by Gasteiger charge is 2.04. The Balaban J connectivity index is 0. The van der Waals surface area contributed by atoms with Gasteiger partial charge in [0.1, 0.15) is 0 Å². The van der Waals surface area contributed by atoms with Gasteiger partial charge in [0.15, 0.2) is 0 Å². The molecule has 0 atom stereocenters. The van der Waals surface area contributed by atoms with Gasteiger partial charge in [-0.2, -0.15) is 0 Å². The summed E-state index contributed by atoms with van der Waals surface area (Å²) in [6, 6.07) is 0. The molecule has 0 heterocycles. The maximum atomic E-state index is 11.7. The predicted octanol–water partition coefficient (Wildman–Crippen LogP) is 6.99. The van der Waals surface area contributed by atoms with Crippen LogP contribution < -0.4 is 0 Å². The molecule has 0 radical (unpaired) electrons. The summed E-state index contributed by atoms with van der Waals surface area (Å²) in [6.07, 6.45) is 21.9. The lowest BCUT2D eigenvalue weighted by atomic mass is 10.1. The van der Waals surface area contributed by atoms with Crippen LogP contribution in [0, 0.1) is 0 Å². The first-order chi connectivity index (χ1) is 16.7. The number of carbonyl (C=O) groups is 2. The number of rotatable bonds is 23. The van der Waals surface area contributed by atoms with E-state index in [1.165, 1.54) is 64.2 Å². The second-order valence-electron chi connectivity index (χ2n) is 9.11. The molecule has 0 unspecified atom stereocenters. The van der Waals surface area contributed by atoms with Crippen LogP contribution in [0.4, 0.5) is 0 Å². The van der Waals surface area contributed by atoms with Gasteiger partial charge in [-0.05, 0) is 25.7 Å². The van der Waals surface area contributed by atoms with Crippen LogP contribution in [0.25, 0.3) is 0 Å². The average molecular weight is 525 g/mol. The molecular weight excluding hydrogens is 471 g/mol. The fourth-order valence-electron chi connectivity index (χ4n) is 3.53. The van der Waals surface area contributed by atoms with Crippen molar-refractivity contribution in [1.82, 2.24) is 0 Å². The lowest BCUT2D eigenvalue weighted by molar-refractivity contribution is -0.144. The molecule has 0 amide bonds. The second kappa shape index (κ2) is 27.6. The Hall–Kier alpha value is -0.950. The highest BCUT2D eigenvalue weighted by Crippen LogP contribution is 2.25. The van der Waals surface area contributed by atoms with Crippen LogP contribution in [0.3, 0.4) is 0 Å².